The van der Waals surface area contributed by atoms with Gasteiger partial charge in [0.1, 0.15) is 0 Å². The molecule has 4 aliphatic carbocycles. The van der Waals surface area contributed by atoms with E-state index < -0.39 is 46.9 Å². The lowest BCUT2D eigenvalue weighted by Crippen LogP contribution is -2.64. The third-order valence-electron chi connectivity index (χ3n) is 10.1. The second-order valence-corrected chi connectivity index (χ2v) is 11.9. The molecule has 8 nitrogen and oxygen atoms in total. The summed E-state index contributed by atoms with van der Waals surface area (Å²) in [5.41, 5.74) is -1.94. The number of Topliss-reactive ketones (excluding diaryl/α,β-unsaturated/α-hetero) is 1. The normalized spacial score (nSPS) is 39.4. The fourth-order valence-electron chi connectivity index (χ4n) is 8.46. The Morgan fingerprint density at radius 1 is 1.24 bits per heavy atom. The molecule has 1 heterocycles. The van der Waals surface area contributed by atoms with Crippen LogP contribution in [0.1, 0.15) is 70.4 Å². The maximum Gasteiger partial charge on any atom is 0.375 e. The van der Waals surface area contributed by atoms with Crippen molar-refractivity contribution >= 4 is 23.5 Å². The largest absolute Gasteiger partial charge is 0.457 e. The van der Waals surface area contributed by atoms with E-state index in [1.807, 2.05) is 19.9 Å². The fourth-order valence-corrected chi connectivity index (χ4v) is 8.46. The van der Waals surface area contributed by atoms with Crippen molar-refractivity contribution in [2.45, 2.75) is 71.5 Å². The molecule has 38 heavy (non-hydrogen) atoms. The molecule has 1 N–H and O–H groups in total. The summed E-state index contributed by atoms with van der Waals surface area (Å²) < 4.78 is 16.7. The number of aliphatic hydroxyl groups excluding tert-OH is 1. The van der Waals surface area contributed by atoms with Gasteiger partial charge >= 0.3 is 11.9 Å². The summed E-state index contributed by atoms with van der Waals surface area (Å²) >= 11 is 0. The summed E-state index contributed by atoms with van der Waals surface area (Å²) in [5, 5.41) is 11.8. The molecular formula is C30H36O8. The zero-order chi connectivity index (χ0) is 27.5. The van der Waals surface area contributed by atoms with Gasteiger partial charge < -0.3 is 19.0 Å². The number of furan rings is 1. The SMILES string of the molecule is CCC(=O)OCC(=O)[C@@]1(OC(=O)c2ccco2)[C@H](C)CC2C3CCC4=CC(=O)C=CC4(C)C3C(O)CC21C. The number of hydrogen-bond donors (Lipinski definition) is 1. The molecule has 1 aromatic heterocycles. The summed E-state index contributed by atoms with van der Waals surface area (Å²) in [6, 6.07) is 3.05. The molecule has 6 unspecified atom stereocenters. The minimum atomic E-state index is -1.61. The first-order chi connectivity index (χ1) is 18.0. The lowest BCUT2D eigenvalue weighted by Gasteiger charge is -2.60. The van der Waals surface area contributed by atoms with Crippen LogP contribution in [0.25, 0.3) is 0 Å². The maximum absolute atomic E-state index is 14.0. The van der Waals surface area contributed by atoms with Gasteiger partial charge in [-0.05, 0) is 61.8 Å². The van der Waals surface area contributed by atoms with Crippen LogP contribution >= 0.6 is 0 Å². The van der Waals surface area contributed by atoms with Crippen LogP contribution in [0, 0.1) is 34.5 Å². The first kappa shape index (κ1) is 26.6. The number of ketones is 2. The van der Waals surface area contributed by atoms with Gasteiger partial charge in [0, 0.05) is 29.1 Å². The quantitative estimate of drug-likeness (QED) is 0.549. The van der Waals surface area contributed by atoms with Crippen LogP contribution in [0.15, 0.2) is 46.6 Å². The van der Waals surface area contributed by atoms with Crippen LogP contribution in [0.2, 0.25) is 0 Å². The summed E-state index contributed by atoms with van der Waals surface area (Å²) in [7, 11) is 0. The standard InChI is InChI=1S/C30H36O8/c1-5-25(34)37-16-24(33)30(38-27(35)23-7-6-12-36-23)17(2)13-21-20-9-8-18-14-19(31)10-11-28(18,3)26(20)22(32)15-29(21,30)4/h6-7,10-12,14,17,20-22,26,32H,5,8-9,13,15-16H2,1-4H3/t17-,20?,21?,22?,26?,28?,29?,30+/m1/s1. The van der Waals surface area contributed by atoms with E-state index in [2.05, 4.69) is 6.92 Å². The number of carbonyl (C=O) groups excluding carboxylic acids is 4. The molecule has 8 heteroatoms. The van der Waals surface area contributed by atoms with Gasteiger partial charge in [-0.15, -0.1) is 0 Å². The van der Waals surface area contributed by atoms with E-state index in [1.54, 1.807) is 25.1 Å². The highest BCUT2D eigenvalue weighted by Crippen LogP contribution is 2.69. The number of ether oxygens (including phenoxy) is 2. The van der Waals surface area contributed by atoms with Gasteiger partial charge in [-0.1, -0.05) is 39.3 Å². The number of fused-ring (bicyclic) bond motifs is 5. The Balaban J connectivity index is 1.56. The Hall–Kier alpha value is -3.00. The first-order valence-corrected chi connectivity index (χ1v) is 13.6. The highest BCUT2D eigenvalue weighted by molar-refractivity contribution is 6.01. The summed E-state index contributed by atoms with van der Waals surface area (Å²) in [6.07, 6.45) is 8.24. The minimum Gasteiger partial charge on any atom is -0.457 e. The lowest BCUT2D eigenvalue weighted by molar-refractivity contribution is -0.187. The second kappa shape index (κ2) is 9.33. The van der Waals surface area contributed by atoms with Gasteiger partial charge in [0.15, 0.2) is 18.0 Å². The monoisotopic (exact) mass is 524 g/mol. The van der Waals surface area contributed by atoms with E-state index in [9.17, 15) is 24.3 Å². The number of rotatable bonds is 6. The number of hydrogen-bond acceptors (Lipinski definition) is 8. The van der Waals surface area contributed by atoms with Crippen LogP contribution in [0.4, 0.5) is 0 Å². The third-order valence-corrected chi connectivity index (χ3v) is 10.1. The molecule has 0 amide bonds. The topological polar surface area (TPSA) is 120 Å². The van der Waals surface area contributed by atoms with E-state index >= 15 is 0 Å². The predicted molar refractivity (Wildman–Crippen MR) is 136 cm³/mol. The Labute approximate surface area is 222 Å². The van der Waals surface area contributed by atoms with E-state index in [-0.39, 0.29) is 48.1 Å². The Kier molecular flexibility index (Phi) is 6.53. The molecule has 5 rings (SSSR count). The van der Waals surface area contributed by atoms with Crippen molar-refractivity contribution in [3.05, 3.63) is 48.0 Å². The highest BCUT2D eigenvalue weighted by atomic mass is 16.6. The van der Waals surface area contributed by atoms with Crippen LogP contribution in [-0.2, 0) is 23.9 Å². The molecule has 3 fully saturated rings. The van der Waals surface area contributed by atoms with Gasteiger partial charge in [0.25, 0.3) is 0 Å². The Morgan fingerprint density at radius 2 is 2.00 bits per heavy atom. The van der Waals surface area contributed by atoms with Crippen molar-refractivity contribution in [3.63, 3.8) is 0 Å². The van der Waals surface area contributed by atoms with Crippen molar-refractivity contribution < 1.29 is 38.2 Å². The maximum atomic E-state index is 14.0. The van der Waals surface area contributed by atoms with Crippen molar-refractivity contribution in [2.24, 2.45) is 34.5 Å². The van der Waals surface area contributed by atoms with Gasteiger partial charge in [-0.25, -0.2) is 4.79 Å². The van der Waals surface area contributed by atoms with Crippen molar-refractivity contribution in [1.82, 2.24) is 0 Å². The number of allylic oxidation sites excluding steroid dienone is 4. The van der Waals surface area contributed by atoms with E-state index in [0.717, 1.165) is 18.4 Å². The highest BCUT2D eigenvalue weighted by Gasteiger charge is 2.73. The molecule has 8 atom stereocenters. The predicted octanol–water partition coefficient (Wildman–Crippen LogP) is 4.22. The molecule has 0 bridgehead atoms. The number of aliphatic hydroxyl groups is 1. The molecule has 1 aromatic rings. The van der Waals surface area contributed by atoms with Crippen molar-refractivity contribution in [2.75, 3.05) is 6.61 Å². The molecule has 0 spiro atoms. The van der Waals surface area contributed by atoms with Gasteiger partial charge in [-0.3, -0.25) is 14.4 Å². The lowest BCUT2D eigenvalue weighted by atomic mass is 9.46. The third kappa shape index (κ3) is 3.74. The molecule has 0 radical (unpaired) electrons. The molecule has 3 saturated carbocycles. The minimum absolute atomic E-state index is 0.0202. The van der Waals surface area contributed by atoms with Gasteiger partial charge in [0.2, 0.25) is 11.5 Å². The fraction of sp³-hybridized carbons (Fsp3) is 0.600. The van der Waals surface area contributed by atoms with E-state index in [4.69, 9.17) is 13.9 Å². The number of carbonyl (C=O) groups is 4. The van der Waals surface area contributed by atoms with E-state index in [1.165, 1.54) is 12.3 Å². The summed E-state index contributed by atoms with van der Waals surface area (Å²) in [5.74, 6) is -2.32. The van der Waals surface area contributed by atoms with Gasteiger partial charge in [-0.2, -0.15) is 0 Å². The van der Waals surface area contributed by atoms with Gasteiger partial charge in [0.05, 0.1) is 12.4 Å². The van der Waals surface area contributed by atoms with Crippen molar-refractivity contribution in [3.8, 4) is 0 Å². The molecule has 0 aliphatic heterocycles. The zero-order valence-electron chi connectivity index (χ0n) is 22.4. The second-order valence-electron chi connectivity index (χ2n) is 11.9. The molecule has 204 valence electrons. The van der Waals surface area contributed by atoms with Crippen LogP contribution in [0.5, 0.6) is 0 Å². The van der Waals surface area contributed by atoms with Crippen LogP contribution < -0.4 is 0 Å². The molecular weight excluding hydrogens is 488 g/mol. The smallest absolute Gasteiger partial charge is 0.375 e. The molecule has 0 aromatic carbocycles. The Bertz CT molecular complexity index is 1210. The summed E-state index contributed by atoms with van der Waals surface area (Å²) in [6.45, 7) is 7.05. The first-order valence-electron chi connectivity index (χ1n) is 13.6. The number of esters is 2. The van der Waals surface area contributed by atoms with Crippen LogP contribution in [0.3, 0.4) is 0 Å². The average molecular weight is 525 g/mol. The van der Waals surface area contributed by atoms with Crippen LogP contribution in [-0.4, -0.2) is 46.9 Å². The average Bonchev–Trinajstić information content (AvgIpc) is 3.49. The van der Waals surface area contributed by atoms with E-state index in [0.29, 0.717) is 6.42 Å². The summed E-state index contributed by atoms with van der Waals surface area (Å²) in [4.78, 5) is 51.4. The van der Waals surface area contributed by atoms with Crippen molar-refractivity contribution in [1.29, 1.82) is 0 Å². The Morgan fingerprint density at radius 3 is 2.68 bits per heavy atom. The molecule has 0 saturated heterocycles. The zero-order valence-corrected chi connectivity index (χ0v) is 22.4. The molecule has 4 aliphatic rings.